The van der Waals surface area contributed by atoms with Crippen LogP contribution < -0.4 is 4.72 Å². The largest absolute Gasteiger partial charge is 0.282 e. The minimum atomic E-state index is -2.19. The smallest absolute Gasteiger partial charge is 0.169 e. The molecule has 72 valence electrons. The van der Waals surface area contributed by atoms with Crippen molar-refractivity contribution in [1.82, 2.24) is 9.97 Å². The minimum absolute atomic E-state index is 0.297. The molecule has 1 aliphatic heterocycles. The summed E-state index contributed by atoms with van der Waals surface area (Å²) in [7, 11) is -2.19. The average molecular weight is 266 g/mol. The highest BCUT2D eigenvalue weighted by Crippen LogP contribution is 2.45. The van der Waals surface area contributed by atoms with Gasteiger partial charge in [0.1, 0.15) is 16.9 Å². The fourth-order valence-corrected chi connectivity index (χ4v) is 2.16. The lowest BCUT2D eigenvalue weighted by molar-refractivity contribution is 0.301. The predicted molar refractivity (Wildman–Crippen MR) is 54.3 cm³/mol. The number of rotatable bonds is 0. The van der Waals surface area contributed by atoms with E-state index in [-0.39, 0.29) is 0 Å². The summed E-state index contributed by atoms with van der Waals surface area (Å²) in [5.41, 5.74) is 0.710. The van der Waals surface area contributed by atoms with Gasteiger partial charge in [-0.25, -0.2) is 4.98 Å². The van der Waals surface area contributed by atoms with E-state index in [9.17, 15) is 4.55 Å². The SMILES string of the molecule is CS1(O)Nc2nc(Br)cnc2CO1. The lowest BCUT2D eigenvalue weighted by Crippen LogP contribution is -2.20. The Morgan fingerprint density at radius 1 is 1.77 bits per heavy atom. The Labute approximate surface area is 85.5 Å². The maximum atomic E-state index is 9.58. The Hall–Kier alpha value is -0.370. The van der Waals surface area contributed by atoms with Gasteiger partial charge in [-0.3, -0.25) is 18.4 Å². The summed E-state index contributed by atoms with van der Waals surface area (Å²) in [5.74, 6) is 0.584. The molecule has 0 spiro atoms. The second kappa shape index (κ2) is 3.09. The van der Waals surface area contributed by atoms with Gasteiger partial charge < -0.3 is 0 Å². The van der Waals surface area contributed by atoms with E-state index in [0.717, 1.165) is 0 Å². The van der Waals surface area contributed by atoms with Crippen LogP contribution in [0.25, 0.3) is 0 Å². The third-order valence-electron chi connectivity index (χ3n) is 1.53. The van der Waals surface area contributed by atoms with E-state index in [0.29, 0.717) is 22.7 Å². The highest BCUT2D eigenvalue weighted by Gasteiger charge is 2.21. The minimum Gasteiger partial charge on any atom is -0.282 e. The molecule has 5 nitrogen and oxygen atoms in total. The Balaban J connectivity index is 2.38. The molecule has 7 heteroatoms. The monoisotopic (exact) mass is 265 g/mol. The predicted octanol–water partition coefficient (Wildman–Crippen LogP) is 1.92. The standard InChI is InChI=1S/C6H8BrN3O2S/c1-13(11)10-6-4(3-12-13)8-2-5(7)9-6/h2,11H,3H2,1H3,(H,9,10). The van der Waals surface area contributed by atoms with Crippen molar-refractivity contribution in [2.24, 2.45) is 0 Å². The summed E-state index contributed by atoms with van der Waals surface area (Å²) < 4.78 is 18.1. The summed E-state index contributed by atoms with van der Waals surface area (Å²) in [4.78, 5) is 8.22. The van der Waals surface area contributed by atoms with Gasteiger partial charge in [-0.05, 0) is 15.9 Å². The van der Waals surface area contributed by atoms with E-state index in [2.05, 4.69) is 30.6 Å². The van der Waals surface area contributed by atoms with E-state index < -0.39 is 10.8 Å². The van der Waals surface area contributed by atoms with Crippen LogP contribution in [0.2, 0.25) is 0 Å². The van der Waals surface area contributed by atoms with Crippen LogP contribution in [-0.4, -0.2) is 20.8 Å². The quantitative estimate of drug-likeness (QED) is 0.750. The van der Waals surface area contributed by atoms with Crippen LogP contribution in [0.1, 0.15) is 5.69 Å². The summed E-state index contributed by atoms with van der Waals surface area (Å²) >= 11 is 3.20. The number of anilines is 1. The van der Waals surface area contributed by atoms with Crippen molar-refractivity contribution in [3.8, 4) is 0 Å². The van der Waals surface area contributed by atoms with Crippen LogP contribution in [-0.2, 0) is 10.8 Å². The lowest BCUT2D eigenvalue weighted by Gasteiger charge is -2.38. The second-order valence-electron chi connectivity index (χ2n) is 2.65. The number of nitrogens with one attached hydrogen (secondary N) is 1. The van der Waals surface area contributed by atoms with Gasteiger partial charge in [-0.15, -0.1) is 10.8 Å². The van der Waals surface area contributed by atoms with E-state index in [1.54, 1.807) is 12.5 Å². The molecular weight excluding hydrogens is 258 g/mol. The van der Waals surface area contributed by atoms with Gasteiger partial charge in [0.05, 0.1) is 6.20 Å². The summed E-state index contributed by atoms with van der Waals surface area (Å²) in [6, 6.07) is 0. The Kier molecular flexibility index (Phi) is 2.18. The topological polar surface area (TPSA) is 67.3 Å². The summed E-state index contributed by atoms with van der Waals surface area (Å²) in [6.45, 7) is 0.297. The van der Waals surface area contributed by atoms with Gasteiger partial charge in [-0.2, -0.15) is 0 Å². The molecule has 1 unspecified atom stereocenters. The molecular formula is C6H8BrN3O2S. The number of halogens is 1. The number of fused-ring (bicyclic) bond motifs is 1. The molecule has 0 saturated heterocycles. The van der Waals surface area contributed by atoms with E-state index in [1.165, 1.54) is 0 Å². The fourth-order valence-electron chi connectivity index (χ4n) is 0.959. The molecule has 0 aliphatic carbocycles. The lowest BCUT2D eigenvalue weighted by atomic mass is 10.4. The number of hydrogen-bond acceptors (Lipinski definition) is 5. The maximum absolute atomic E-state index is 9.58. The van der Waals surface area contributed by atoms with Gasteiger partial charge in [0.15, 0.2) is 5.82 Å². The van der Waals surface area contributed by atoms with Crippen molar-refractivity contribution in [1.29, 1.82) is 0 Å². The highest BCUT2D eigenvalue weighted by molar-refractivity contribution is 9.10. The Morgan fingerprint density at radius 2 is 2.54 bits per heavy atom. The first-order valence-corrected chi connectivity index (χ1v) is 6.23. The van der Waals surface area contributed by atoms with Gasteiger partial charge in [0, 0.05) is 6.26 Å². The molecule has 13 heavy (non-hydrogen) atoms. The molecule has 1 aromatic rings. The molecule has 2 N–H and O–H groups in total. The number of hydrogen-bond donors (Lipinski definition) is 2. The van der Waals surface area contributed by atoms with Gasteiger partial charge in [0.25, 0.3) is 0 Å². The zero-order chi connectivity index (χ0) is 9.47. The normalized spacial score (nSPS) is 31.3. The average Bonchev–Trinajstić information content (AvgIpc) is 2.01. The van der Waals surface area contributed by atoms with Gasteiger partial charge in [-0.1, -0.05) is 0 Å². The van der Waals surface area contributed by atoms with Crippen molar-refractivity contribution in [2.45, 2.75) is 6.61 Å². The third-order valence-corrected chi connectivity index (χ3v) is 3.06. The first kappa shape index (κ1) is 9.20. The second-order valence-corrected chi connectivity index (χ2v) is 5.51. The molecule has 0 saturated carbocycles. The van der Waals surface area contributed by atoms with E-state index in [4.69, 9.17) is 4.18 Å². The van der Waals surface area contributed by atoms with Crippen LogP contribution in [0, 0.1) is 0 Å². The van der Waals surface area contributed by atoms with Crippen molar-refractivity contribution in [3.63, 3.8) is 0 Å². The molecule has 0 radical (unpaired) electrons. The van der Waals surface area contributed by atoms with Crippen LogP contribution >= 0.6 is 26.7 Å². The van der Waals surface area contributed by atoms with Crippen molar-refractivity contribution < 1.29 is 8.74 Å². The molecule has 0 fully saturated rings. The van der Waals surface area contributed by atoms with E-state index in [1.807, 2.05) is 0 Å². The van der Waals surface area contributed by atoms with Crippen LogP contribution in [0.3, 0.4) is 0 Å². The van der Waals surface area contributed by atoms with Crippen molar-refractivity contribution in [3.05, 3.63) is 16.5 Å². The molecule has 1 aromatic heterocycles. The van der Waals surface area contributed by atoms with E-state index >= 15 is 0 Å². The molecule has 0 bridgehead atoms. The molecule has 0 amide bonds. The molecule has 1 atom stereocenters. The highest BCUT2D eigenvalue weighted by atomic mass is 79.9. The molecule has 0 aromatic carbocycles. The van der Waals surface area contributed by atoms with Gasteiger partial charge in [0.2, 0.25) is 0 Å². The van der Waals surface area contributed by atoms with Crippen LogP contribution in [0.4, 0.5) is 5.82 Å². The maximum Gasteiger partial charge on any atom is 0.169 e. The zero-order valence-corrected chi connectivity index (χ0v) is 9.22. The summed E-state index contributed by atoms with van der Waals surface area (Å²) in [5, 5.41) is 0. The Morgan fingerprint density at radius 3 is 3.31 bits per heavy atom. The Bertz CT molecular complexity index is 347. The van der Waals surface area contributed by atoms with Gasteiger partial charge >= 0.3 is 0 Å². The summed E-state index contributed by atoms with van der Waals surface area (Å²) in [6.07, 6.45) is 3.19. The van der Waals surface area contributed by atoms with Crippen molar-refractivity contribution in [2.75, 3.05) is 11.0 Å². The molecule has 2 heterocycles. The first-order chi connectivity index (χ1) is 6.07. The first-order valence-electron chi connectivity index (χ1n) is 3.51. The van der Waals surface area contributed by atoms with Crippen LogP contribution in [0.15, 0.2) is 10.8 Å². The zero-order valence-electron chi connectivity index (χ0n) is 6.82. The van der Waals surface area contributed by atoms with Crippen molar-refractivity contribution >= 4 is 32.5 Å². The van der Waals surface area contributed by atoms with Crippen LogP contribution in [0.5, 0.6) is 0 Å². The number of nitrogens with zero attached hydrogens (tertiary/aromatic N) is 2. The molecule has 2 rings (SSSR count). The third kappa shape index (κ3) is 1.93. The number of aromatic nitrogens is 2. The fraction of sp³-hybridized carbons (Fsp3) is 0.333. The molecule has 1 aliphatic rings.